The van der Waals surface area contributed by atoms with Crippen LogP contribution in [0.4, 0.5) is 0 Å². The lowest BCUT2D eigenvalue weighted by Crippen LogP contribution is -2.19. The molecular weight excluding hydrogens is 136 g/mol. The van der Waals surface area contributed by atoms with Gasteiger partial charge in [-0.2, -0.15) is 0 Å². The Morgan fingerprint density at radius 3 is 2.45 bits per heavy atom. The lowest BCUT2D eigenvalue weighted by molar-refractivity contribution is 0.0572. The van der Waals surface area contributed by atoms with Gasteiger partial charge < -0.3 is 4.74 Å². The van der Waals surface area contributed by atoms with Gasteiger partial charge in [-0.05, 0) is 38.0 Å². The fraction of sp³-hybridized carbons (Fsp3) is 0.800. The standard InChI is InChI=1S/C10H18O/c1-3-4-9-5-7-10(11-2)8-6-9/h3,9-10H,1,4-8H2,2H3. The van der Waals surface area contributed by atoms with Crippen molar-refractivity contribution in [2.45, 2.75) is 38.2 Å². The lowest BCUT2D eigenvalue weighted by atomic mass is 9.85. The maximum Gasteiger partial charge on any atom is 0.0571 e. The van der Waals surface area contributed by atoms with Crippen LogP contribution in [-0.2, 0) is 4.74 Å². The summed E-state index contributed by atoms with van der Waals surface area (Å²) in [5, 5.41) is 0. The monoisotopic (exact) mass is 154 g/mol. The fourth-order valence-electron chi connectivity index (χ4n) is 1.84. The molecule has 0 atom stereocenters. The van der Waals surface area contributed by atoms with E-state index in [1.54, 1.807) is 0 Å². The molecule has 0 N–H and O–H groups in total. The molecule has 1 aliphatic rings. The van der Waals surface area contributed by atoms with Gasteiger partial charge in [-0.1, -0.05) is 6.08 Å². The van der Waals surface area contributed by atoms with Gasteiger partial charge in [-0.25, -0.2) is 0 Å². The highest BCUT2D eigenvalue weighted by atomic mass is 16.5. The zero-order chi connectivity index (χ0) is 8.10. The first kappa shape index (κ1) is 8.79. The number of ether oxygens (including phenoxy) is 1. The van der Waals surface area contributed by atoms with E-state index in [2.05, 4.69) is 6.58 Å². The molecule has 0 aromatic rings. The summed E-state index contributed by atoms with van der Waals surface area (Å²) in [5.74, 6) is 0.888. The zero-order valence-electron chi connectivity index (χ0n) is 7.38. The Morgan fingerprint density at radius 1 is 1.36 bits per heavy atom. The van der Waals surface area contributed by atoms with Crippen LogP contribution < -0.4 is 0 Å². The molecular formula is C10H18O. The van der Waals surface area contributed by atoms with Crippen LogP contribution >= 0.6 is 0 Å². The van der Waals surface area contributed by atoms with Gasteiger partial charge in [0.25, 0.3) is 0 Å². The predicted molar refractivity (Wildman–Crippen MR) is 47.6 cm³/mol. The van der Waals surface area contributed by atoms with Crippen LogP contribution in [0.15, 0.2) is 12.7 Å². The SMILES string of the molecule is C=CCC1CCC(OC)CC1. The molecule has 1 fully saturated rings. The van der Waals surface area contributed by atoms with Crippen molar-refractivity contribution in [3.05, 3.63) is 12.7 Å². The largest absolute Gasteiger partial charge is 0.381 e. The Balaban J connectivity index is 2.18. The minimum atomic E-state index is 0.538. The van der Waals surface area contributed by atoms with E-state index in [-0.39, 0.29) is 0 Å². The number of hydrogen-bond acceptors (Lipinski definition) is 1. The minimum Gasteiger partial charge on any atom is -0.381 e. The Labute approximate surface area is 69.4 Å². The summed E-state index contributed by atoms with van der Waals surface area (Å²) in [7, 11) is 1.82. The maximum atomic E-state index is 5.29. The molecule has 11 heavy (non-hydrogen) atoms. The van der Waals surface area contributed by atoms with E-state index in [1.807, 2.05) is 13.2 Å². The molecule has 1 saturated carbocycles. The molecule has 0 aromatic heterocycles. The smallest absolute Gasteiger partial charge is 0.0571 e. The van der Waals surface area contributed by atoms with E-state index >= 15 is 0 Å². The van der Waals surface area contributed by atoms with Gasteiger partial charge in [0.15, 0.2) is 0 Å². The van der Waals surface area contributed by atoms with E-state index < -0.39 is 0 Å². The van der Waals surface area contributed by atoms with Gasteiger partial charge in [0.05, 0.1) is 6.10 Å². The minimum absolute atomic E-state index is 0.538. The summed E-state index contributed by atoms with van der Waals surface area (Å²) in [4.78, 5) is 0. The summed E-state index contributed by atoms with van der Waals surface area (Å²) < 4.78 is 5.29. The van der Waals surface area contributed by atoms with Crippen molar-refractivity contribution in [3.8, 4) is 0 Å². The number of methoxy groups -OCH3 is 1. The summed E-state index contributed by atoms with van der Waals surface area (Å²) >= 11 is 0. The van der Waals surface area contributed by atoms with Crippen molar-refractivity contribution in [2.24, 2.45) is 5.92 Å². The van der Waals surface area contributed by atoms with E-state index in [0.717, 1.165) is 5.92 Å². The molecule has 0 aromatic carbocycles. The highest BCUT2D eigenvalue weighted by molar-refractivity contribution is 4.78. The van der Waals surface area contributed by atoms with Gasteiger partial charge in [-0.15, -0.1) is 6.58 Å². The molecule has 0 bridgehead atoms. The van der Waals surface area contributed by atoms with Crippen LogP contribution in [0.1, 0.15) is 32.1 Å². The fourth-order valence-corrected chi connectivity index (χ4v) is 1.84. The molecule has 0 unspecified atom stereocenters. The molecule has 0 radical (unpaired) electrons. The topological polar surface area (TPSA) is 9.23 Å². The third-order valence-corrected chi connectivity index (χ3v) is 2.63. The molecule has 0 aliphatic heterocycles. The second-order valence-corrected chi connectivity index (χ2v) is 3.40. The van der Waals surface area contributed by atoms with Gasteiger partial charge >= 0.3 is 0 Å². The first-order chi connectivity index (χ1) is 5.36. The molecule has 1 aliphatic carbocycles. The summed E-state index contributed by atoms with van der Waals surface area (Å²) in [6, 6.07) is 0. The molecule has 1 heteroatoms. The quantitative estimate of drug-likeness (QED) is 0.568. The van der Waals surface area contributed by atoms with E-state index in [9.17, 15) is 0 Å². The molecule has 0 heterocycles. The van der Waals surface area contributed by atoms with Gasteiger partial charge in [0.1, 0.15) is 0 Å². The molecule has 0 amide bonds. The average Bonchev–Trinajstić information content (AvgIpc) is 2.07. The van der Waals surface area contributed by atoms with Crippen molar-refractivity contribution in [2.75, 3.05) is 7.11 Å². The first-order valence-electron chi connectivity index (χ1n) is 4.50. The van der Waals surface area contributed by atoms with Crippen molar-refractivity contribution in [3.63, 3.8) is 0 Å². The Morgan fingerprint density at radius 2 is 2.00 bits per heavy atom. The van der Waals surface area contributed by atoms with E-state index in [1.165, 1.54) is 32.1 Å². The molecule has 64 valence electrons. The van der Waals surface area contributed by atoms with E-state index in [4.69, 9.17) is 4.74 Å². The highest BCUT2D eigenvalue weighted by Crippen LogP contribution is 2.27. The molecule has 1 rings (SSSR count). The maximum absolute atomic E-state index is 5.29. The summed E-state index contributed by atoms with van der Waals surface area (Å²) in [5.41, 5.74) is 0. The van der Waals surface area contributed by atoms with Crippen molar-refractivity contribution in [1.82, 2.24) is 0 Å². The first-order valence-corrected chi connectivity index (χ1v) is 4.50. The van der Waals surface area contributed by atoms with Gasteiger partial charge in [0, 0.05) is 7.11 Å². The third-order valence-electron chi connectivity index (χ3n) is 2.63. The van der Waals surface area contributed by atoms with Crippen molar-refractivity contribution in [1.29, 1.82) is 0 Å². The number of allylic oxidation sites excluding steroid dienone is 1. The van der Waals surface area contributed by atoms with Crippen LogP contribution in [0.25, 0.3) is 0 Å². The van der Waals surface area contributed by atoms with Crippen LogP contribution in [0.3, 0.4) is 0 Å². The van der Waals surface area contributed by atoms with Crippen molar-refractivity contribution < 1.29 is 4.74 Å². The zero-order valence-corrected chi connectivity index (χ0v) is 7.38. The van der Waals surface area contributed by atoms with E-state index in [0.29, 0.717) is 6.10 Å². The van der Waals surface area contributed by atoms with Crippen LogP contribution in [0.2, 0.25) is 0 Å². The summed E-state index contributed by atoms with van der Waals surface area (Å²) in [6.07, 6.45) is 8.91. The summed E-state index contributed by atoms with van der Waals surface area (Å²) in [6.45, 7) is 3.76. The average molecular weight is 154 g/mol. The second-order valence-electron chi connectivity index (χ2n) is 3.40. The molecule has 0 spiro atoms. The number of rotatable bonds is 3. The Hall–Kier alpha value is -0.300. The van der Waals surface area contributed by atoms with Crippen LogP contribution in [0.5, 0.6) is 0 Å². The lowest BCUT2D eigenvalue weighted by Gasteiger charge is -2.26. The second kappa shape index (κ2) is 4.55. The van der Waals surface area contributed by atoms with Crippen LogP contribution in [-0.4, -0.2) is 13.2 Å². The molecule has 0 saturated heterocycles. The van der Waals surface area contributed by atoms with Gasteiger partial charge in [-0.3, -0.25) is 0 Å². The normalized spacial score (nSPS) is 31.7. The number of hydrogen-bond donors (Lipinski definition) is 0. The third kappa shape index (κ3) is 2.66. The Bertz CT molecular complexity index is 112. The van der Waals surface area contributed by atoms with Crippen molar-refractivity contribution >= 4 is 0 Å². The highest BCUT2D eigenvalue weighted by Gasteiger charge is 2.19. The molecule has 1 nitrogen and oxygen atoms in total. The predicted octanol–water partition coefficient (Wildman–Crippen LogP) is 2.77. The van der Waals surface area contributed by atoms with Crippen LogP contribution in [0, 0.1) is 5.92 Å². The van der Waals surface area contributed by atoms with Gasteiger partial charge in [0.2, 0.25) is 0 Å². The Kier molecular flexibility index (Phi) is 3.64.